The fourth-order valence-electron chi connectivity index (χ4n) is 5.94. The van der Waals surface area contributed by atoms with Crippen LogP contribution in [0.25, 0.3) is 76.2 Å². The van der Waals surface area contributed by atoms with Crippen LogP contribution in [-0.2, 0) is 14.1 Å². The van der Waals surface area contributed by atoms with Gasteiger partial charge in [0.15, 0.2) is 5.82 Å². The third kappa shape index (κ3) is 4.18. The summed E-state index contributed by atoms with van der Waals surface area (Å²) in [6.45, 7) is 0. The molecule has 6 heteroatoms. The molecule has 3 heterocycles. The fourth-order valence-corrected chi connectivity index (χ4v) is 7.17. The molecule has 8 rings (SSSR count). The minimum absolute atomic E-state index is 0.0310. The summed E-state index contributed by atoms with van der Waals surface area (Å²) < 4.78 is 5.87. The Morgan fingerprint density at radius 3 is 2.12 bits per heavy atom. The van der Waals surface area contributed by atoms with Crippen molar-refractivity contribution in [3.8, 4) is 45.0 Å². The van der Waals surface area contributed by atoms with E-state index in [2.05, 4.69) is 97.1 Å². The largest absolute Gasteiger partial charge is 0.328 e. The van der Waals surface area contributed by atoms with E-state index in [1.807, 2.05) is 31.3 Å². The van der Waals surface area contributed by atoms with E-state index in [1.54, 1.807) is 27.5 Å². The molecule has 0 spiro atoms. The molecule has 0 amide bonds. The third-order valence-electron chi connectivity index (χ3n) is 8.20. The zero-order chi connectivity index (χ0) is 29.1. The summed E-state index contributed by atoms with van der Waals surface area (Å²) in [5.74, 6) is 0.692. The molecule has 5 aromatic carbocycles. The molecule has 0 aliphatic rings. The molecule has 0 saturated carbocycles. The topological polar surface area (TPSA) is 52.7 Å². The Labute approximate surface area is 252 Å². The molecule has 43 heavy (non-hydrogen) atoms. The molecular weight excluding hydrogens is 549 g/mol. The first-order chi connectivity index (χ1) is 21.0. The number of aromatic nitrogens is 4. The number of aryl methyl sites for hydroxylation is 2. The summed E-state index contributed by atoms with van der Waals surface area (Å²) in [6.07, 6.45) is 0. The maximum atomic E-state index is 12.5. The molecule has 0 aliphatic carbocycles. The normalized spacial score (nSPS) is 11.6. The molecule has 0 bridgehead atoms. The van der Waals surface area contributed by atoms with Crippen molar-refractivity contribution in [2.75, 3.05) is 0 Å². The van der Waals surface area contributed by atoms with Crippen LogP contribution in [0.15, 0.2) is 126 Å². The average Bonchev–Trinajstić information content (AvgIpc) is 3.55. The lowest BCUT2D eigenvalue weighted by molar-refractivity contribution is 0.795. The van der Waals surface area contributed by atoms with Gasteiger partial charge in [-0.3, -0.25) is 9.13 Å². The summed E-state index contributed by atoms with van der Waals surface area (Å²) in [5.41, 5.74) is 8.72. The number of imidazole rings is 1. The van der Waals surface area contributed by atoms with Gasteiger partial charge < -0.3 is 0 Å². The molecule has 0 N–H and O–H groups in total. The van der Waals surface area contributed by atoms with Gasteiger partial charge in [0.1, 0.15) is 0 Å². The van der Waals surface area contributed by atoms with Crippen molar-refractivity contribution in [2.24, 2.45) is 14.1 Å². The molecule has 8 aromatic rings. The molecule has 0 unspecified atom stereocenters. The van der Waals surface area contributed by atoms with Gasteiger partial charge in [-0.2, -0.15) is 0 Å². The molecule has 0 saturated heterocycles. The van der Waals surface area contributed by atoms with Crippen LogP contribution < -0.4 is 5.69 Å². The van der Waals surface area contributed by atoms with Gasteiger partial charge in [0.05, 0.1) is 22.4 Å². The summed E-state index contributed by atoms with van der Waals surface area (Å²) in [5, 5.41) is 2.51. The molecule has 206 valence electrons. The van der Waals surface area contributed by atoms with Gasteiger partial charge in [0.2, 0.25) is 0 Å². The minimum atomic E-state index is -0.0310. The Morgan fingerprint density at radius 2 is 1.23 bits per heavy atom. The number of benzene rings is 5. The van der Waals surface area contributed by atoms with Crippen LogP contribution in [0.2, 0.25) is 0 Å². The summed E-state index contributed by atoms with van der Waals surface area (Å²) in [7, 11) is 3.62. The highest BCUT2D eigenvalue weighted by Gasteiger charge is 2.16. The van der Waals surface area contributed by atoms with Crippen molar-refractivity contribution in [1.82, 2.24) is 19.1 Å². The van der Waals surface area contributed by atoms with Crippen molar-refractivity contribution in [3.05, 3.63) is 132 Å². The predicted molar refractivity (Wildman–Crippen MR) is 178 cm³/mol. The van der Waals surface area contributed by atoms with Crippen LogP contribution in [0.4, 0.5) is 0 Å². The Kier molecular flexibility index (Phi) is 5.84. The molecule has 3 aromatic heterocycles. The minimum Gasteiger partial charge on any atom is -0.295 e. The van der Waals surface area contributed by atoms with Gasteiger partial charge >= 0.3 is 5.69 Å². The maximum absolute atomic E-state index is 12.5. The van der Waals surface area contributed by atoms with Gasteiger partial charge in [0, 0.05) is 51.0 Å². The second-order valence-electron chi connectivity index (χ2n) is 10.8. The van der Waals surface area contributed by atoms with Crippen LogP contribution in [0.5, 0.6) is 0 Å². The monoisotopic (exact) mass is 574 g/mol. The summed E-state index contributed by atoms with van der Waals surface area (Å²) in [6, 6.07) is 41.9. The van der Waals surface area contributed by atoms with E-state index in [4.69, 9.17) is 9.97 Å². The number of hydrogen-bond donors (Lipinski definition) is 0. The van der Waals surface area contributed by atoms with Crippen molar-refractivity contribution < 1.29 is 0 Å². The quantitative estimate of drug-likeness (QED) is 0.211. The second kappa shape index (κ2) is 9.89. The lowest BCUT2D eigenvalue weighted by Gasteiger charge is -2.11. The number of nitrogens with zero attached hydrogens (tertiary/aromatic N) is 4. The standard InChI is InChI=1S/C37H26N4OS/c1-40-32-19-18-25(21-33(32)41(2)37(40)42)24-12-8-13-26(20-24)30-22-31(39-36(38-30)23-10-4-3-5-11-23)29-16-9-15-28-27-14-6-7-17-34(27)43-35(28)29/h3-22H,1-2H3. The molecule has 0 aliphatic heterocycles. The highest BCUT2D eigenvalue weighted by atomic mass is 32.1. The van der Waals surface area contributed by atoms with Gasteiger partial charge in [-0.25, -0.2) is 14.8 Å². The van der Waals surface area contributed by atoms with E-state index in [1.165, 1.54) is 20.2 Å². The Hall–Kier alpha value is -5.33. The lowest BCUT2D eigenvalue weighted by Crippen LogP contribution is -2.19. The summed E-state index contributed by atoms with van der Waals surface area (Å²) >= 11 is 1.80. The highest BCUT2D eigenvalue weighted by Crippen LogP contribution is 2.40. The van der Waals surface area contributed by atoms with Gasteiger partial charge in [-0.1, -0.05) is 91.0 Å². The van der Waals surface area contributed by atoms with E-state index in [9.17, 15) is 4.79 Å². The van der Waals surface area contributed by atoms with Crippen LogP contribution in [-0.4, -0.2) is 19.1 Å². The van der Waals surface area contributed by atoms with Crippen molar-refractivity contribution in [2.45, 2.75) is 0 Å². The maximum Gasteiger partial charge on any atom is 0.328 e. The number of thiophene rings is 1. The zero-order valence-electron chi connectivity index (χ0n) is 23.7. The van der Waals surface area contributed by atoms with Gasteiger partial charge in [-0.05, 0) is 41.5 Å². The van der Waals surface area contributed by atoms with Crippen LogP contribution in [0.3, 0.4) is 0 Å². The smallest absolute Gasteiger partial charge is 0.295 e. The molecular formula is C37H26N4OS. The Balaban J connectivity index is 1.31. The third-order valence-corrected chi connectivity index (χ3v) is 9.42. The van der Waals surface area contributed by atoms with Gasteiger partial charge in [-0.15, -0.1) is 11.3 Å². The number of rotatable bonds is 4. The Morgan fingerprint density at radius 1 is 0.558 bits per heavy atom. The SMILES string of the molecule is Cn1c(=O)n(C)c2cc(-c3cccc(-c4cc(-c5cccc6c5sc5ccccc56)nc(-c5ccccc5)n4)c3)ccc21. The fraction of sp³-hybridized carbons (Fsp3) is 0.0541. The van der Waals surface area contributed by atoms with E-state index in [-0.39, 0.29) is 5.69 Å². The zero-order valence-corrected chi connectivity index (χ0v) is 24.5. The van der Waals surface area contributed by atoms with E-state index >= 15 is 0 Å². The highest BCUT2D eigenvalue weighted by molar-refractivity contribution is 7.26. The van der Waals surface area contributed by atoms with Crippen molar-refractivity contribution in [3.63, 3.8) is 0 Å². The van der Waals surface area contributed by atoms with Gasteiger partial charge in [0.25, 0.3) is 0 Å². The lowest BCUT2D eigenvalue weighted by atomic mass is 10.00. The van der Waals surface area contributed by atoms with Crippen LogP contribution >= 0.6 is 11.3 Å². The Bertz CT molecular complexity index is 2400. The number of fused-ring (bicyclic) bond motifs is 4. The van der Waals surface area contributed by atoms with E-state index in [0.29, 0.717) is 5.82 Å². The number of hydrogen-bond acceptors (Lipinski definition) is 4. The first kappa shape index (κ1) is 25.4. The van der Waals surface area contributed by atoms with Crippen molar-refractivity contribution in [1.29, 1.82) is 0 Å². The van der Waals surface area contributed by atoms with Crippen LogP contribution in [0.1, 0.15) is 0 Å². The van der Waals surface area contributed by atoms with E-state index in [0.717, 1.165) is 50.2 Å². The molecule has 5 nitrogen and oxygen atoms in total. The predicted octanol–water partition coefficient (Wildman–Crippen LogP) is 8.70. The van der Waals surface area contributed by atoms with E-state index < -0.39 is 0 Å². The molecule has 0 fully saturated rings. The van der Waals surface area contributed by atoms with Crippen molar-refractivity contribution >= 4 is 42.5 Å². The van der Waals surface area contributed by atoms with Crippen LogP contribution in [0, 0.1) is 0 Å². The molecule has 0 radical (unpaired) electrons. The first-order valence-corrected chi connectivity index (χ1v) is 15.0. The average molecular weight is 575 g/mol. The summed E-state index contributed by atoms with van der Waals surface area (Å²) in [4.78, 5) is 22.7. The second-order valence-corrected chi connectivity index (χ2v) is 11.8. The molecule has 0 atom stereocenters. The first-order valence-electron chi connectivity index (χ1n) is 14.2.